The van der Waals surface area contributed by atoms with Crippen LogP contribution in [0.5, 0.6) is 5.88 Å². The normalized spacial score (nSPS) is 13.5. The molecule has 0 aliphatic heterocycles. The molecule has 3 nitrogen and oxygen atoms in total. The Hall–Kier alpha value is -1.30. The first-order valence-electron chi connectivity index (χ1n) is 5.25. The van der Waals surface area contributed by atoms with E-state index in [4.69, 9.17) is 4.74 Å². The lowest BCUT2D eigenvalue weighted by molar-refractivity contribution is -0.139. The zero-order valence-corrected chi connectivity index (χ0v) is 9.71. The molecule has 0 radical (unpaired) electrons. The Bertz CT molecular complexity index is 355. The largest absolute Gasteiger partial charge is 0.477 e. The van der Waals surface area contributed by atoms with Gasteiger partial charge in [-0.2, -0.15) is 13.2 Å². The number of hydrogen-bond acceptors (Lipinski definition) is 3. The van der Waals surface area contributed by atoms with Crippen molar-refractivity contribution in [3.8, 4) is 5.88 Å². The Morgan fingerprint density at radius 1 is 1.47 bits per heavy atom. The van der Waals surface area contributed by atoms with Gasteiger partial charge in [-0.25, -0.2) is 4.98 Å². The Morgan fingerprint density at radius 3 is 2.76 bits per heavy atom. The molecule has 0 saturated carbocycles. The summed E-state index contributed by atoms with van der Waals surface area (Å²) in [5, 5.41) is 3.03. The van der Waals surface area contributed by atoms with Crippen LogP contribution in [-0.4, -0.2) is 24.8 Å². The number of hydrogen-bond donors (Lipinski definition) is 1. The van der Waals surface area contributed by atoms with Crippen molar-refractivity contribution in [3.05, 3.63) is 23.9 Å². The van der Waals surface area contributed by atoms with E-state index in [1.165, 1.54) is 6.20 Å². The molecule has 0 aliphatic carbocycles. The predicted molar refractivity (Wildman–Crippen MR) is 57.9 cm³/mol. The minimum absolute atomic E-state index is 0.1000. The van der Waals surface area contributed by atoms with E-state index < -0.39 is 19.2 Å². The monoisotopic (exact) mass is 248 g/mol. The zero-order chi connectivity index (χ0) is 12.9. The number of pyridine rings is 1. The summed E-state index contributed by atoms with van der Waals surface area (Å²) in [6.45, 7) is 1.53. The predicted octanol–water partition coefficient (Wildman–Crippen LogP) is 2.69. The first kappa shape index (κ1) is 13.8. The fourth-order valence-corrected chi connectivity index (χ4v) is 1.21. The van der Waals surface area contributed by atoms with E-state index in [1.54, 1.807) is 19.2 Å². The molecular formula is C11H15F3N2O. The first-order valence-corrected chi connectivity index (χ1v) is 5.25. The van der Waals surface area contributed by atoms with Gasteiger partial charge in [0.25, 0.3) is 0 Å². The molecule has 1 atom stereocenters. The lowest BCUT2D eigenvalue weighted by Gasteiger charge is -2.12. The lowest BCUT2D eigenvalue weighted by Crippen LogP contribution is -2.14. The number of aromatic nitrogens is 1. The minimum atomic E-state index is -4.20. The molecule has 1 aromatic rings. The van der Waals surface area contributed by atoms with Crippen LogP contribution < -0.4 is 10.1 Å². The highest BCUT2D eigenvalue weighted by molar-refractivity contribution is 5.23. The van der Waals surface area contributed by atoms with Crippen LogP contribution in [0.2, 0.25) is 0 Å². The molecule has 0 spiro atoms. The highest BCUT2D eigenvalue weighted by Crippen LogP contribution is 2.21. The number of rotatable bonds is 5. The minimum Gasteiger partial charge on any atom is -0.477 e. The highest BCUT2D eigenvalue weighted by atomic mass is 19.4. The van der Waals surface area contributed by atoms with Crippen LogP contribution in [0.4, 0.5) is 13.2 Å². The number of nitrogens with zero attached hydrogens (tertiary/aromatic N) is 1. The Morgan fingerprint density at radius 2 is 2.18 bits per heavy atom. The second-order valence-corrected chi connectivity index (χ2v) is 3.65. The Balaban J connectivity index is 2.54. The fraction of sp³-hybridized carbons (Fsp3) is 0.545. The van der Waals surface area contributed by atoms with E-state index in [9.17, 15) is 13.2 Å². The molecule has 0 aliphatic rings. The van der Waals surface area contributed by atoms with E-state index in [-0.39, 0.29) is 11.9 Å². The van der Waals surface area contributed by atoms with Gasteiger partial charge in [0.05, 0.1) is 13.0 Å². The smallest absolute Gasteiger partial charge is 0.392 e. The summed E-state index contributed by atoms with van der Waals surface area (Å²) in [7, 11) is 1.80. The van der Waals surface area contributed by atoms with Crippen molar-refractivity contribution in [3.63, 3.8) is 0 Å². The van der Waals surface area contributed by atoms with Crippen molar-refractivity contribution in [2.75, 3.05) is 13.7 Å². The summed E-state index contributed by atoms with van der Waals surface area (Å²) in [4.78, 5) is 3.86. The molecule has 1 heterocycles. The number of alkyl halides is 3. The zero-order valence-electron chi connectivity index (χ0n) is 9.71. The maximum Gasteiger partial charge on any atom is 0.392 e. The van der Waals surface area contributed by atoms with E-state index in [1.807, 2.05) is 6.92 Å². The van der Waals surface area contributed by atoms with Gasteiger partial charge in [-0.3, -0.25) is 0 Å². The highest BCUT2D eigenvalue weighted by Gasteiger charge is 2.26. The van der Waals surface area contributed by atoms with E-state index in [0.29, 0.717) is 0 Å². The molecule has 6 heteroatoms. The van der Waals surface area contributed by atoms with Crippen molar-refractivity contribution in [1.29, 1.82) is 0 Å². The summed E-state index contributed by atoms with van der Waals surface area (Å²) in [6.07, 6.45) is -3.65. The van der Waals surface area contributed by atoms with E-state index >= 15 is 0 Å². The molecule has 17 heavy (non-hydrogen) atoms. The molecule has 1 rings (SSSR count). The average molecular weight is 248 g/mol. The first-order chi connectivity index (χ1) is 7.92. The van der Waals surface area contributed by atoms with Crippen molar-refractivity contribution in [2.24, 2.45) is 0 Å². The van der Waals surface area contributed by atoms with Crippen molar-refractivity contribution in [2.45, 2.75) is 25.6 Å². The number of nitrogens with one attached hydrogen (secondary N) is 1. The topological polar surface area (TPSA) is 34.2 Å². The summed E-state index contributed by atoms with van der Waals surface area (Å²) in [6, 6.07) is 3.53. The molecule has 0 aromatic carbocycles. The van der Waals surface area contributed by atoms with Gasteiger partial charge in [-0.1, -0.05) is 0 Å². The van der Waals surface area contributed by atoms with Crippen LogP contribution in [0.15, 0.2) is 18.3 Å². The molecule has 0 bridgehead atoms. The molecule has 1 N–H and O–H groups in total. The molecule has 0 saturated heterocycles. The lowest BCUT2D eigenvalue weighted by atomic mass is 10.1. The third-order valence-corrected chi connectivity index (χ3v) is 2.33. The average Bonchev–Trinajstić information content (AvgIpc) is 2.27. The van der Waals surface area contributed by atoms with Crippen molar-refractivity contribution < 1.29 is 17.9 Å². The van der Waals surface area contributed by atoms with Gasteiger partial charge < -0.3 is 10.1 Å². The van der Waals surface area contributed by atoms with Gasteiger partial charge in [0.2, 0.25) is 5.88 Å². The summed E-state index contributed by atoms with van der Waals surface area (Å²) in [5.41, 5.74) is 0.921. The third kappa shape index (κ3) is 5.04. The summed E-state index contributed by atoms with van der Waals surface area (Å²) in [5.74, 6) is 0.217. The van der Waals surface area contributed by atoms with Gasteiger partial charge >= 0.3 is 6.18 Å². The Kier molecular flexibility index (Phi) is 4.74. The number of ether oxygens (including phenoxy) is 1. The molecule has 0 fully saturated rings. The van der Waals surface area contributed by atoms with E-state index in [2.05, 4.69) is 10.3 Å². The standard InChI is InChI=1S/C11H15F3N2O/c1-8(15-2)9-3-5-16-10(7-9)17-6-4-11(12,13)14/h3,5,7-8,15H,4,6H2,1-2H3. The van der Waals surface area contributed by atoms with Crippen LogP contribution in [0.1, 0.15) is 24.9 Å². The van der Waals surface area contributed by atoms with Crippen LogP contribution in [0, 0.1) is 0 Å². The van der Waals surface area contributed by atoms with Crippen molar-refractivity contribution >= 4 is 0 Å². The van der Waals surface area contributed by atoms with Crippen LogP contribution in [-0.2, 0) is 0 Å². The molecule has 0 amide bonds. The second-order valence-electron chi connectivity index (χ2n) is 3.65. The van der Waals surface area contributed by atoms with E-state index in [0.717, 1.165) is 5.56 Å². The van der Waals surface area contributed by atoms with Crippen LogP contribution >= 0.6 is 0 Å². The Labute approximate surface area is 98.0 Å². The third-order valence-electron chi connectivity index (χ3n) is 2.33. The van der Waals surface area contributed by atoms with Crippen LogP contribution in [0.25, 0.3) is 0 Å². The fourth-order valence-electron chi connectivity index (χ4n) is 1.21. The molecule has 96 valence electrons. The summed E-state index contributed by atoms with van der Waals surface area (Å²) >= 11 is 0. The quantitative estimate of drug-likeness (QED) is 0.870. The van der Waals surface area contributed by atoms with Gasteiger partial charge in [-0.15, -0.1) is 0 Å². The maximum absolute atomic E-state index is 11.9. The SMILES string of the molecule is CNC(C)c1ccnc(OCCC(F)(F)F)c1. The van der Waals surface area contributed by atoms with Gasteiger partial charge in [-0.05, 0) is 25.6 Å². The van der Waals surface area contributed by atoms with Gasteiger partial charge in [0.15, 0.2) is 0 Å². The molecular weight excluding hydrogens is 233 g/mol. The van der Waals surface area contributed by atoms with Gasteiger partial charge in [0.1, 0.15) is 0 Å². The maximum atomic E-state index is 11.9. The molecule has 1 unspecified atom stereocenters. The van der Waals surface area contributed by atoms with Crippen LogP contribution in [0.3, 0.4) is 0 Å². The second kappa shape index (κ2) is 5.86. The van der Waals surface area contributed by atoms with Gasteiger partial charge in [0, 0.05) is 18.3 Å². The number of halogens is 3. The summed E-state index contributed by atoms with van der Waals surface area (Å²) < 4.78 is 40.7. The van der Waals surface area contributed by atoms with Crippen molar-refractivity contribution in [1.82, 2.24) is 10.3 Å². The molecule has 1 aromatic heterocycles.